The molecule has 4 aliphatic rings. The monoisotopic (exact) mass is 914 g/mol. The number of carbonyl (C=O) groups excluding carboxylic acids is 1. The van der Waals surface area contributed by atoms with Crippen molar-refractivity contribution in [3.63, 3.8) is 0 Å². The standard InChI is InChI=1S/C49H53FN9O6P/c1-29-24-37(25-30(2)43(29)50)59-44(57-17-16-56(48(57)62)36-7-9-38(10-8-36)66(63)22-18-54(5)19-23-66)42-32(4)55(15-12-39(42)52-59)45(60)41-27-35-26-34(33-13-20-64-21-14-33)6-11-40(35)58(41)49(28-31(49)3)46-51-47(61)65-53-46/h6-11,16-17,24-27,31-33,63H,12-15,18-23,28H2,1-5H3/p+1/t31-,32?,49-/m0/s1. The van der Waals surface area contributed by atoms with Crippen LogP contribution in [-0.2, 0) is 16.7 Å². The number of nitrogens with one attached hydrogen (secondary N) is 1. The molecule has 342 valence electrons. The fourth-order valence-electron chi connectivity index (χ4n) is 11.0. The number of carbonyl (C=O) groups is 1. The van der Waals surface area contributed by atoms with Crippen molar-refractivity contribution >= 4 is 29.6 Å². The summed E-state index contributed by atoms with van der Waals surface area (Å²) in [6, 6.07) is 18.9. The molecule has 15 nitrogen and oxygen atoms in total. The maximum atomic E-state index is 15.5. The van der Waals surface area contributed by atoms with Crippen molar-refractivity contribution in [1.82, 2.24) is 43.4 Å². The third kappa shape index (κ3) is 6.78. The quantitative estimate of drug-likeness (QED) is 0.171. The van der Waals surface area contributed by atoms with Crippen LogP contribution >= 0.6 is 7.49 Å². The van der Waals surface area contributed by atoms with E-state index in [2.05, 4.69) is 51.8 Å². The average Bonchev–Trinajstić information content (AvgIpc) is 3.82. The molecule has 0 spiro atoms. The molecule has 0 bridgehead atoms. The number of hydrogen-bond donors (Lipinski definition) is 2. The lowest BCUT2D eigenvalue weighted by Crippen LogP contribution is -2.41. The van der Waals surface area contributed by atoms with E-state index in [0.717, 1.165) is 60.2 Å². The van der Waals surface area contributed by atoms with Gasteiger partial charge >= 0.3 is 11.4 Å². The SMILES string of the molecule is Cc1cc(-n2nc3c(c2-n2ccn(-c4ccc([P+]5(O)CCN(C)CC5)cc4)c2=O)C(C)N(C(=O)c2cc4cc(C5CCOCC5)ccc4n2[C@@]2(c4noc(=O)[nH]4)C[C@@H]2C)CC3)cc(C)c1F. The molecule has 7 aromatic rings. The Morgan fingerprint density at radius 2 is 1.62 bits per heavy atom. The molecule has 3 aliphatic heterocycles. The molecule has 4 aromatic heterocycles. The van der Waals surface area contributed by atoms with E-state index in [4.69, 9.17) is 14.4 Å². The van der Waals surface area contributed by atoms with Crippen LogP contribution in [0.5, 0.6) is 0 Å². The minimum absolute atomic E-state index is 0.0289. The van der Waals surface area contributed by atoms with Crippen LogP contribution in [0.1, 0.15) is 89.3 Å². The largest absolute Gasteiger partial charge is 0.438 e. The number of H-pyrrole nitrogens is 1. The first kappa shape index (κ1) is 42.7. The molecule has 66 heavy (non-hydrogen) atoms. The van der Waals surface area contributed by atoms with Gasteiger partial charge in [-0.25, -0.2) is 23.6 Å². The summed E-state index contributed by atoms with van der Waals surface area (Å²) in [7, 11) is -0.226. The fourth-order valence-corrected chi connectivity index (χ4v) is 13.8. The summed E-state index contributed by atoms with van der Waals surface area (Å²) in [5.41, 5.74) is 4.89. The van der Waals surface area contributed by atoms with Gasteiger partial charge in [-0.2, -0.15) is 5.10 Å². The molecule has 1 amide bonds. The van der Waals surface area contributed by atoms with Gasteiger partial charge < -0.3 is 14.2 Å². The van der Waals surface area contributed by atoms with Gasteiger partial charge in [0, 0.05) is 68.1 Å². The summed E-state index contributed by atoms with van der Waals surface area (Å²) in [5, 5.41) is 11.2. The highest BCUT2D eigenvalue weighted by Gasteiger charge is 2.59. The molecular weight excluding hydrogens is 861 g/mol. The molecule has 0 radical (unpaired) electrons. The van der Waals surface area contributed by atoms with Gasteiger partial charge in [0.05, 0.1) is 23.1 Å². The van der Waals surface area contributed by atoms with Crippen molar-refractivity contribution in [3.8, 4) is 17.2 Å². The van der Waals surface area contributed by atoms with Crippen LogP contribution in [0.25, 0.3) is 28.1 Å². The maximum absolute atomic E-state index is 15.5. The predicted molar refractivity (Wildman–Crippen MR) is 250 cm³/mol. The van der Waals surface area contributed by atoms with E-state index in [1.165, 1.54) is 5.56 Å². The maximum Gasteiger partial charge on any atom is 0.438 e. The number of halogens is 1. The van der Waals surface area contributed by atoms with Gasteiger partial charge in [0.15, 0.2) is 13.3 Å². The Morgan fingerprint density at radius 1 is 0.924 bits per heavy atom. The number of imidazole rings is 1. The smallest absolute Gasteiger partial charge is 0.381 e. The Kier molecular flexibility index (Phi) is 10.3. The third-order valence-electron chi connectivity index (χ3n) is 15.0. The fraction of sp³-hybridized carbons (Fsp3) is 0.408. The van der Waals surface area contributed by atoms with Gasteiger partial charge in [0.25, 0.3) is 5.91 Å². The van der Waals surface area contributed by atoms with Crippen LogP contribution in [0.4, 0.5) is 4.39 Å². The molecule has 3 aromatic carbocycles. The number of benzene rings is 3. The number of aryl methyl sites for hydroxylation is 2. The number of fused-ring (bicyclic) bond motifs is 2. The van der Waals surface area contributed by atoms with Crippen molar-refractivity contribution in [1.29, 1.82) is 0 Å². The number of nitrogens with zero attached hydrogens (tertiary/aromatic N) is 8. The topological polar surface area (TPSA) is 162 Å². The highest BCUT2D eigenvalue weighted by Crippen LogP contribution is 2.56. The second-order valence-corrected chi connectivity index (χ2v) is 22.2. The Bertz CT molecular complexity index is 3140. The predicted octanol–water partition coefficient (Wildman–Crippen LogP) is 6.13. The van der Waals surface area contributed by atoms with Gasteiger partial charge in [-0.15, -0.1) is 0 Å². The average molecular weight is 915 g/mol. The molecule has 11 rings (SSSR count). The first-order valence-corrected chi connectivity index (χ1v) is 25.1. The van der Waals surface area contributed by atoms with Crippen LogP contribution in [0.3, 0.4) is 0 Å². The lowest BCUT2D eigenvalue weighted by molar-refractivity contribution is 0.0663. The minimum atomic E-state index is -2.30. The van der Waals surface area contributed by atoms with Crippen molar-refractivity contribution in [3.05, 3.63) is 139 Å². The van der Waals surface area contributed by atoms with E-state index in [1.54, 1.807) is 52.2 Å². The first-order chi connectivity index (χ1) is 31.8. The van der Waals surface area contributed by atoms with E-state index in [9.17, 15) is 14.5 Å². The molecular formula is C49H54FN9O6P+. The number of aromatic amines is 1. The summed E-state index contributed by atoms with van der Waals surface area (Å²) in [4.78, 5) is 61.2. The summed E-state index contributed by atoms with van der Waals surface area (Å²) in [6.45, 7) is 10.9. The van der Waals surface area contributed by atoms with E-state index in [0.29, 0.717) is 83.9 Å². The zero-order valence-electron chi connectivity index (χ0n) is 37.8. The van der Waals surface area contributed by atoms with Crippen molar-refractivity contribution in [2.24, 2.45) is 5.92 Å². The second kappa shape index (κ2) is 15.9. The van der Waals surface area contributed by atoms with Crippen LogP contribution in [0, 0.1) is 25.6 Å². The van der Waals surface area contributed by atoms with E-state index in [-0.39, 0.29) is 23.3 Å². The second-order valence-electron chi connectivity index (χ2n) is 19.0. The van der Waals surface area contributed by atoms with E-state index < -0.39 is 24.8 Å². The summed E-state index contributed by atoms with van der Waals surface area (Å²) >= 11 is 0. The number of hydrogen-bond acceptors (Lipinski definition) is 9. The third-order valence-corrected chi connectivity index (χ3v) is 18.1. The molecule has 1 unspecified atom stereocenters. The summed E-state index contributed by atoms with van der Waals surface area (Å²) in [6.07, 6.45) is 7.77. The molecule has 2 N–H and O–H groups in total. The van der Waals surface area contributed by atoms with Crippen molar-refractivity contribution < 1.29 is 23.3 Å². The van der Waals surface area contributed by atoms with Gasteiger partial charge in [-0.3, -0.25) is 28.3 Å². The zero-order chi connectivity index (χ0) is 45.8. The normalized spacial score (nSPS) is 22.3. The molecule has 17 heteroatoms. The molecule has 3 atom stereocenters. The lowest BCUT2D eigenvalue weighted by atomic mass is 9.91. The number of rotatable bonds is 8. The van der Waals surface area contributed by atoms with Gasteiger partial charge in [-0.1, -0.05) is 18.1 Å². The molecule has 3 fully saturated rings. The van der Waals surface area contributed by atoms with Gasteiger partial charge in [0.1, 0.15) is 40.5 Å². The number of amides is 1. The highest BCUT2D eigenvalue weighted by atomic mass is 31.2. The number of aromatic nitrogens is 7. The zero-order valence-corrected chi connectivity index (χ0v) is 38.7. The highest BCUT2D eigenvalue weighted by molar-refractivity contribution is 7.77. The van der Waals surface area contributed by atoms with Crippen molar-refractivity contribution in [2.75, 3.05) is 52.2 Å². The lowest BCUT2D eigenvalue weighted by Gasteiger charge is -2.34. The first-order valence-electron chi connectivity index (χ1n) is 23.0. The Balaban J connectivity index is 1.02. The Morgan fingerprint density at radius 3 is 2.29 bits per heavy atom. The van der Waals surface area contributed by atoms with E-state index in [1.807, 2.05) is 42.2 Å². The van der Waals surface area contributed by atoms with Crippen LogP contribution in [0.2, 0.25) is 0 Å². The number of ether oxygens (including phenoxy) is 1. The van der Waals surface area contributed by atoms with Gasteiger partial charge in [0.2, 0.25) is 0 Å². The van der Waals surface area contributed by atoms with Crippen LogP contribution in [0.15, 0.2) is 87.2 Å². The Labute approximate surface area is 380 Å². The van der Waals surface area contributed by atoms with Gasteiger partial charge in [-0.05, 0) is 130 Å². The van der Waals surface area contributed by atoms with E-state index >= 15 is 9.18 Å². The van der Waals surface area contributed by atoms with Crippen LogP contribution in [-0.4, -0.2) is 106 Å². The molecule has 1 aliphatic carbocycles. The summed E-state index contributed by atoms with van der Waals surface area (Å²) in [5.74, 6) is 0.0208. The van der Waals surface area contributed by atoms with Crippen LogP contribution < -0.4 is 16.8 Å². The van der Waals surface area contributed by atoms with Crippen molar-refractivity contribution in [2.45, 2.75) is 70.9 Å². The molecule has 7 heterocycles. The Hall–Kier alpha value is -5.93. The molecule has 2 saturated heterocycles. The molecule has 1 saturated carbocycles. The summed E-state index contributed by atoms with van der Waals surface area (Å²) < 4.78 is 32.8. The minimum Gasteiger partial charge on any atom is -0.381 e.